The molecule has 1 aromatic heterocycles. The van der Waals surface area contributed by atoms with Gasteiger partial charge in [-0.25, -0.2) is 8.42 Å². The molecule has 6 nitrogen and oxygen atoms in total. The predicted molar refractivity (Wildman–Crippen MR) is 107 cm³/mol. The number of carbonyl (C=O) groups is 1. The summed E-state index contributed by atoms with van der Waals surface area (Å²) in [5.74, 6) is 0.381. The number of thiophene rings is 1. The molecule has 4 rings (SSSR count). The van der Waals surface area contributed by atoms with Gasteiger partial charge in [-0.15, -0.1) is 11.3 Å². The first-order valence-corrected chi connectivity index (χ1v) is 11.9. The number of carbonyl (C=O) groups excluding carboxylic acids is 1. The van der Waals surface area contributed by atoms with Crippen molar-refractivity contribution in [1.82, 2.24) is 9.62 Å². The molecule has 1 aromatic carbocycles. The van der Waals surface area contributed by atoms with Crippen molar-refractivity contribution in [2.24, 2.45) is 0 Å². The van der Waals surface area contributed by atoms with Gasteiger partial charge in [-0.2, -0.15) is 4.31 Å². The van der Waals surface area contributed by atoms with Crippen LogP contribution in [0.25, 0.3) is 0 Å². The van der Waals surface area contributed by atoms with Gasteiger partial charge in [0.05, 0.1) is 12.6 Å². The Labute approximate surface area is 170 Å². The van der Waals surface area contributed by atoms with E-state index in [1.807, 2.05) is 18.2 Å². The van der Waals surface area contributed by atoms with Gasteiger partial charge in [0.25, 0.3) is 5.91 Å². The molecule has 1 amide bonds. The molecule has 1 fully saturated rings. The van der Waals surface area contributed by atoms with E-state index >= 15 is 0 Å². The Morgan fingerprint density at radius 2 is 2.04 bits per heavy atom. The van der Waals surface area contributed by atoms with Gasteiger partial charge in [-0.1, -0.05) is 15.9 Å². The third-order valence-corrected chi connectivity index (χ3v) is 8.31. The summed E-state index contributed by atoms with van der Waals surface area (Å²) in [7, 11) is -3.63. The SMILES string of the molecule is O=C(NC1CCOc2ccc(Br)cc21)c1sccc1S(=O)(=O)N1CCCC1. The average molecular weight is 471 g/mol. The number of nitrogens with zero attached hydrogens (tertiary/aromatic N) is 1. The summed E-state index contributed by atoms with van der Waals surface area (Å²) in [6.45, 7) is 1.53. The fraction of sp³-hybridized carbons (Fsp3) is 0.389. The molecule has 0 bridgehead atoms. The molecule has 0 aliphatic carbocycles. The number of hydrogen-bond donors (Lipinski definition) is 1. The van der Waals surface area contributed by atoms with E-state index in [4.69, 9.17) is 4.74 Å². The highest BCUT2D eigenvalue weighted by Crippen LogP contribution is 2.35. The Morgan fingerprint density at radius 3 is 2.81 bits per heavy atom. The molecule has 27 heavy (non-hydrogen) atoms. The Bertz CT molecular complexity index is 967. The normalized spacial score (nSPS) is 20.1. The number of fused-ring (bicyclic) bond motifs is 1. The van der Waals surface area contributed by atoms with Crippen molar-refractivity contribution in [3.63, 3.8) is 0 Å². The van der Waals surface area contributed by atoms with E-state index in [0.717, 1.165) is 40.0 Å². The largest absolute Gasteiger partial charge is 0.493 e. The Morgan fingerprint density at radius 1 is 1.26 bits per heavy atom. The van der Waals surface area contributed by atoms with Crippen LogP contribution < -0.4 is 10.1 Å². The van der Waals surface area contributed by atoms with Gasteiger partial charge in [0.2, 0.25) is 10.0 Å². The second kappa shape index (κ2) is 7.54. The molecule has 144 valence electrons. The highest BCUT2D eigenvalue weighted by atomic mass is 79.9. The molecule has 0 spiro atoms. The Balaban J connectivity index is 1.59. The smallest absolute Gasteiger partial charge is 0.263 e. The molecular weight excluding hydrogens is 452 g/mol. The lowest BCUT2D eigenvalue weighted by Crippen LogP contribution is -2.34. The number of ether oxygens (including phenoxy) is 1. The van der Waals surface area contributed by atoms with Gasteiger partial charge in [-0.3, -0.25) is 4.79 Å². The minimum absolute atomic E-state index is 0.105. The van der Waals surface area contributed by atoms with Crippen LogP contribution in [0, 0.1) is 0 Å². The topological polar surface area (TPSA) is 75.7 Å². The van der Waals surface area contributed by atoms with Gasteiger partial charge in [-0.05, 0) is 42.5 Å². The van der Waals surface area contributed by atoms with Crippen LogP contribution in [0.4, 0.5) is 0 Å². The molecule has 1 unspecified atom stereocenters. The number of nitrogens with one attached hydrogen (secondary N) is 1. The van der Waals surface area contributed by atoms with Crippen LogP contribution in [-0.2, 0) is 10.0 Å². The molecular formula is C18H19BrN2O4S2. The molecule has 9 heteroatoms. The van der Waals surface area contributed by atoms with Crippen LogP contribution in [0.5, 0.6) is 5.75 Å². The fourth-order valence-electron chi connectivity index (χ4n) is 3.47. The second-order valence-electron chi connectivity index (χ2n) is 6.57. The van der Waals surface area contributed by atoms with Crippen LogP contribution in [0.2, 0.25) is 0 Å². The maximum absolute atomic E-state index is 12.9. The van der Waals surface area contributed by atoms with Gasteiger partial charge >= 0.3 is 0 Å². The van der Waals surface area contributed by atoms with Crippen molar-refractivity contribution in [2.45, 2.75) is 30.2 Å². The summed E-state index contributed by atoms with van der Waals surface area (Å²) < 4.78 is 33.8. The molecule has 3 heterocycles. The standard InChI is InChI=1S/C18H19BrN2O4S2/c19-12-3-4-15-13(11-12)14(5-9-25-15)20-18(22)17-16(6-10-26-17)27(23,24)21-7-1-2-8-21/h3-4,6,10-11,14H,1-2,5,7-9H2,(H,20,22). The molecule has 0 radical (unpaired) electrons. The van der Waals surface area contributed by atoms with Crippen LogP contribution in [0.3, 0.4) is 0 Å². The quantitative estimate of drug-likeness (QED) is 0.740. The van der Waals surface area contributed by atoms with Crippen molar-refractivity contribution in [2.75, 3.05) is 19.7 Å². The van der Waals surface area contributed by atoms with Gasteiger partial charge in [0, 0.05) is 29.5 Å². The van der Waals surface area contributed by atoms with Gasteiger partial charge in [0.1, 0.15) is 15.5 Å². The van der Waals surface area contributed by atoms with Crippen molar-refractivity contribution >= 4 is 43.2 Å². The Kier molecular flexibility index (Phi) is 5.28. The van der Waals surface area contributed by atoms with E-state index < -0.39 is 10.0 Å². The highest BCUT2D eigenvalue weighted by molar-refractivity contribution is 9.10. The number of benzene rings is 1. The number of halogens is 1. The monoisotopic (exact) mass is 470 g/mol. The molecule has 2 aliphatic rings. The maximum Gasteiger partial charge on any atom is 0.263 e. The van der Waals surface area contributed by atoms with Gasteiger partial charge in [0.15, 0.2) is 0 Å². The van der Waals surface area contributed by atoms with E-state index in [-0.39, 0.29) is 21.7 Å². The minimum atomic E-state index is -3.63. The number of amides is 1. The molecule has 1 saturated heterocycles. The van der Waals surface area contributed by atoms with Crippen LogP contribution in [-0.4, -0.2) is 38.3 Å². The minimum Gasteiger partial charge on any atom is -0.493 e. The highest BCUT2D eigenvalue weighted by Gasteiger charge is 2.33. The fourth-order valence-corrected chi connectivity index (χ4v) is 6.67. The second-order valence-corrected chi connectivity index (χ2v) is 10.3. The lowest BCUT2D eigenvalue weighted by Gasteiger charge is -2.27. The van der Waals surface area contributed by atoms with E-state index in [0.29, 0.717) is 26.1 Å². The van der Waals surface area contributed by atoms with E-state index in [1.165, 1.54) is 10.4 Å². The molecule has 2 aliphatic heterocycles. The lowest BCUT2D eigenvalue weighted by molar-refractivity contribution is 0.0925. The van der Waals surface area contributed by atoms with Gasteiger partial charge < -0.3 is 10.1 Å². The average Bonchev–Trinajstić information content (AvgIpc) is 3.34. The first kappa shape index (κ1) is 18.9. The third-order valence-electron chi connectivity index (χ3n) is 4.83. The first-order chi connectivity index (χ1) is 13.0. The van der Waals surface area contributed by atoms with Crippen molar-refractivity contribution < 1.29 is 17.9 Å². The zero-order valence-electron chi connectivity index (χ0n) is 14.5. The molecule has 1 N–H and O–H groups in total. The van der Waals surface area contributed by atoms with Crippen molar-refractivity contribution in [1.29, 1.82) is 0 Å². The van der Waals surface area contributed by atoms with Crippen LogP contribution in [0.1, 0.15) is 40.5 Å². The zero-order valence-corrected chi connectivity index (χ0v) is 17.7. The summed E-state index contributed by atoms with van der Waals surface area (Å²) in [5, 5.41) is 4.65. The third kappa shape index (κ3) is 3.65. The number of rotatable bonds is 4. The summed E-state index contributed by atoms with van der Waals surface area (Å²) in [6, 6.07) is 7.00. The zero-order chi connectivity index (χ0) is 19.0. The summed E-state index contributed by atoms with van der Waals surface area (Å²) >= 11 is 4.61. The van der Waals surface area contributed by atoms with Crippen LogP contribution >= 0.6 is 27.3 Å². The summed E-state index contributed by atoms with van der Waals surface area (Å²) in [4.78, 5) is 13.3. The number of hydrogen-bond acceptors (Lipinski definition) is 5. The van der Waals surface area contributed by atoms with Crippen molar-refractivity contribution in [3.05, 3.63) is 44.6 Å². The predicted octanol–water partition coefficient (Wildman–Crippen LogP) is 3.55. The lowest BCUT2D eigenvalue weighted by atomic mass is 10.0. The Hall–Kier alpha value is -1.42. The van der Waals surface area contributed by atoms with E-state index in [1.54, 1.807) is 5.38 Å². The molecule has 0 saturated carbocycles. The van der Waals surface area contributed by atoms with Crippen LogP contribution in [0.15, 0.2) is 39.0 Å². The maximum atomic E-state index is 12.9. The summed E-state index contributed by atoms with van der Waals surface area (Å²) in [5.41, 5.74) is 0.893. The summed E-state index contributed by atoms with van der Waals surface area (Å²) in [6.07, 6.45) is 2.35. The van der Waals surface area contributed by atoms with E-state index in [9.17, 15) is 13.2 Å². The first-order valence-electron chi connectivity index (χ1n) is 8.77. The number of sulfonamides is 1. The molecule has 2 aromatic rings. The van der Waals surface area contributed by atoms with Crippen molar-refractivity contribution in [3.8, 4) is 5.75 Å². The molecule has 1 atom stereocenters. The van der Waals surface area contributed by atoms with E-state index in [2.05, 4.69) is 21.2 Å².